The first kappa shape index (κ1) is 23.7. The number of nitrogens with one attached hydrogen (secondary N) is 1. The van der Waals surface area contributed by atoms with Crippen molar-refractivity contribution in [1.29, 1.82) is 0 Å². The number of amides is 2. The van der Waals surface area contributed by atoms with Gasteiger partial charge >= 0.3 is 6.18 Å². The van der Waals surface area contributed by atoms with Gasteiger partial charge in [0.1, 0.15) is 5.82 Å². The molecule has 1 aliphatic heterocycles. The molecule has 0 aliphatic carbocycles. The topological polar surface area (TPSA) is 79.6 Å². The molecule has 10 heteroatoms. The van der Waals surface area contributed by atoms with Crippen LogP contribution in [0.1, 0.15) is 61.3 Å². The molecule has 34 heavy (non-hydrogen) atoms. The van der Waals surface area contributed by atoms with Gasteiger partial charge in [-0.1, -0.05) is 26.8 Å². The smallest absolute Gasteiger partial charge is 0.338 e. The van der Waals surface area contributed by atoms with Crippen LogP contribution in [0.5, 0.6) is 0 Å². The zero-order valence-corrected chi connectivity index (χ0v) is 19.2. The molecule has 0 radical (unpaired) electrons. The molecule has 4 rings (SSSR count). The molecule has 1 aromatic carbocycles. The van der Waals surface area contributed by atoms with Gasteiger partial charge in [0.25, 0.3) is 5.91 Å². The molecule has 2 aromatic heterocycles. The Morgan fingerprint density at radius 2 is 1.85 bits per heavy atom. The van der Waals surface area contributed by atoms with Crippen LogP contribution in [0.2, 0.25) is 0 Å². The zero-order chi connectivity index (χ0) is 24.7. The molecular weight excluding hydrogens is 447 g/mol. The Labute approximate surface area is 195 Å². The average Bonchev–Trinajstić information content (AvgIpc) is 3.21. The van der Waals surface area contributed by atoms with Crippen molar-refractivity contribution in [2.24, 2.45) is 5.41 Å². The summed E-state index contributed by atoms with van der Waals surface area (Å²) in [7, 11) is 0. The second-order valence-corrected chi connectivity index (χ2v) is 9.58. The van der Waals surface area contributed by atoms with E-state index >= 15 is 0 Å². The third kappa shape index (κ3) is 4.90. The number of benzene rings is 1. The number of anilines is 1. The second kappa shape index (κ2) is 8.73. The number of alkyl halides is 3. The number of hydrogen-bond acceptors (Lipinski definition) is 4. The summed E-state index contributed by atoms with van der Waals surface area (Å²) >= 11 is 0. The first-order chi connectivity index (χ1) is 15.9. The van der Waals surface area contributed by atoms with E-state index in [2.05, 4.69) is 15.5 Å². The van der Waals surface area contributed by atoms with Crippen LogP contribution >= 0.6 is 0 Å². The van der Waals surface area contributed by atoms with Crippen molar-refractivity contribution in [1.82, 2.24) is 19.5 Å². The number of halogens is 3. The molecule has 1 N–H and O–H groups in total. The maximum atomic E-state index is 13.2. The third-order valence-corrected chi connectivity index (χ3v) is 5.88. The van der Waals surface area contributed by atoms with Crippen molar-refractivity contribution >= 4 is 23.1 Å². The summed E-state index contributed by atoms with van der Waals surface area (Å²) < 4.78 is 41.0. The van der Waals surface area contributed by atoms with Crippen molar-refractivity contribution in [3.05, 3.63) is 59.5 Å². The first-order valence-corrected chi connectivity index (χ1v) is 11.1. The van der Waals surface area contributed by atoms with E-state index in [0.29, 0.717) is 48.7 Å². The number of piperidine rings is 1. The van der Waals surface area contributed by atoms with E-state index in [1.165, 1.54) is 10.5 Å². The molecule has 3 heterocycles. The van der Waals surface area contributed by atoms with Crippen LogP contribution in [0, 0.1) is 5.41 Å². The van der Waals surface area contributed by atoms with E-state index < -0.39 is 17.2 Å². The standard InChI is InChI=1S/C24H26F3N5O2/c1-23(2,3)22(34)28-18-8-4-6-15(12-18)21(33)31-11-5-7-16(13-31)20-30-29-19-10-9-17(14-32(19)20)24(25,26)27/h4,6,8-10,12,14,16H,5,7,11,13H2,1-3H3,(H,28,34). The molecule has 1 aliphatic rings. The lowest BCUT2D eigenvalue weighted by molar-refractivity contribution is -0.137. The lowest BCUT2D eigenvalue weighted by Crippen LogP contribution is -2.39. The van der Waals surface area contributed by atoms with Crippen LogP contribution in [-0.4, -0.2) is 44.4 Å². The van der Waals surface area contributed by atoms with Crippen LogP contribution in [0.4, 0.5) is 18.9 Å². The highest BCUT2D eigenvalue weighted by molar-refractivity contribution is 5.98. The summed E-state index contributed by atoms with van der Waals surface area (Å²) in [5, 5.41) is 11.0. The van der Waals surface area contributed by atoms with Gasteiger partial charge in [0, 0.05) is 41.9 Å². The van der Waals surface area contributed by atoms with E-state index in [4.69, 9.17) is 0 Å². The SMILES string of the molecule is CC(C)(C)C(=O)Nc1cccc(C(=O)N2CCCC(c3nnc4ccc(C(F)(F)F)cn34)C2)c1. The Hall–Kier alpha value is -3.43. The molecule has 3 aromatic rings. The van der Waals surface area contributed by atoms with Crippen molar-refractivity contribution in [3.8, 4) is 0 Å². The number of hydrogen-bond donors (Lipinski definition) is 1. The number of carbonyl (C=O) groups is 2. The molecule has 1 atom stereocenters. The van der Waals surface area contributed by atoms with Crippen LogP contribution in [0.3, 0.4) is 0 Å². The first-order valence-electron chi connectivity index (χ1n) is 11.1. The van der Waals surface area contributed by atoms with Crippen molar-refractivity contribution < 1.29 is 22.8 Å². The average molecular weight is 473 g/mol. The minimum absolute atomic E-state index is 0.160. The van der Waals surface area contributed by atoms with Crippen molar-refractivity contribution in [2.45, 2.75) is 45.7 Å². The van der Waals surface area contributed by atoms with Gasteiger partial charge in [0.2, 0.25) is 5.91 Å². The normalized spacial score (nSPS) is 17.1. The summed E-state index contributed by atoms with van der Waals surface area (Å²) in [6, 6.07) is 9.02. The Morgan fingerprint density at radius 3 is 2.56 bits per heavy atom. The maximum absolute atomic E-state index is 13.2. The fourth-order valence-electron chi connectivity index (χ4n) is 3.96. The predicted molar refractivity (Wildman–Crippen MR) is 120 cm³/mol. The summed E-state index contributed by atoms with van der Waals surface area (Å²) in [5.74, 6) is -0.210. The lowest BCUT2D eigenvalue weighted by atomic mass is 9.95. The maximum Gasteiger partial charge on any atom is 0.417 e. The molecule has 0 saturated carbocycles. The van der Waals surface area contributed by atoms with E-state index in [9.17, 15) is 22.8 Å². The van der Waals surface area contributed by atoms with E-state index in [1.54, 1.807) is 49.9 Å². The van der Waals surface area contributed by atoms with Gasteiger partial charge in [0.15, 0.2) is 5.65 Å². The van der Waals surface area contributed by atoms with Crippen LogP contribution in [0.15, 0.2) is 42.6 Å². The van der Waals surface area contributed by atoms with Crippen molar-refractivity contribution in [3.63, 3.8) is 0 Å². The Morgan fingerprint density at radius 1 is 1.09 bits per heavy atom. The van der Waals surface area contributed by atoms with Gasteiger partial charge in [-0.3, -0.25) is 14.0 Å². The Bertz CT molecular complexity index is 1230. The number of aromatic nitrogens is 3. The van der Waals surface area contributed by atoms with Gasteiger partial charge < -0.3 is 10.2 Å². The summed E-state index contributed by atoms with van der Waals surface area (Å²) in [5.41, 5.74) is -0.0689. The molecule has 0 bridgehead atoms. The number of nitrogens with zero attached hydrogens (tertiary/aromatic N) is 4. The summed E-state index contributed by atoms with van der Waals surface area (Å²) in [6.07, 6.45) is -2.10. The number of carbonyl (C=O) groups excluding carboxylic acids is 2. The number of rotatable bonds is 3. The second-order valence-electron chi connectivity index (χ2n) is 9.58. The minimum atomic E-state index is -4.47. The molecule has 1 fully saturated rings. The quantitative estimate of drug-likeness (QED) is 0.595. The zero-order valence-electron chi connectivity index (χ0n) is 19.2. The Balaban J connectivity index is 1.54. The molecule has 180 valence electrons. The van der Waals surface area contributed by atoms with Gasteiger partial charge in [-0.2, -0.15) is 13.2 Å². The minimum Gasteiger partial charge on any atom is -0.338 e. The molecule has 2 amide bonds. The number of fused-ring (bicyclic) bond motifs is 1. The fraction of sp³-hybridized carbons (Fsp3) is 0.417. The summed E-state index contributed by atoms with van der Waals surface area (Å²) in [6.45, 7) is 6.25. The fourth-order valence-corrected chi connectivity index (χ4v) is 3.96. The van der Waals surface area contributed by atoms with Gasteiger partial charge in [-0.15, -0.1) is 10.2 Å². The van der Waals surface area contributed by atoms with Gasteiger partial charge in [-0.25, -0.2) is 0 Å². The number of likely N-dealkylation sites (tertiary alicyclic amines) is 1. The molecule has 0 spiro atoms. The molecule has 1 unspecified atom stereocenters. The summed E-state index contributed by atoms with van der Waals surface area (Å²) in [4.78, 5) is 27.2. The van der Waals surface area contributed by atoms with Gasteiger partial charge in [-0.05, 0) is 43.2 Å². The van der Waals surface area contributed by atoms with Crippen LogP contribution < -0.4 is 5.32 Å². The van der Waals surface area contributed by atoms with E-state index in [0.717, 1.165) is 12.3 Å². The lowest BCUT2D eigenvalue weighted by Gasteiger charge is -2.32. The van der Waals surface area contributed by atoms with Crippen LogP contribution in [-0.2, 0) is 11.0 Å². The highest BCUT2D eigenvalue weighted by Gasteiger charge is 2.33. The molecule has 7 nitrogen and oxygen atoms in total. The highest BCUT2D eigenvalue weighted by Crippen LogP contribution is 2.32. The van der Waals surface area contributed by atoms with E-state index in [1.807, 2.05) is 0 Å². The predicted octanol–water partition coefficient (Wildman–Crippen LogP) is 4.75. The van der Waals surface area contributed by atoms with Crippen molar-refractivity contribution in [2.75, 3.05) is 18.4 Å². The largest absolute Gasteiger partial charge is 0.417 e. The monoisotopic (exact) mass is 473 g/mol. The van der Waals surface area contributed by atoms with Gasteiger partial charge in [0.05, 0.1) is 5.56 Å². The molecular formula is C24H26F3N5O2. The molecule has 1 saturated heterocycles. The Kier molecular flexibility index (Phi) is 6.09. The number of pyridine rings is 1. The third-order valence-electron chi connectivity index (χ3n) is 5.88. The van der Waals surface area contributed by atoms with E-state index in [-0.39, 0.29) is 17.7 Å². The highest BCUT2D eigenvalue weighted by atomic mass is 19.4. The van der Waals surface area contributed by atoms with Crippen LogP contribution in [0.25, 0.3) is 5.65 Å².